The third kappa shape index (κ3) is 2.67. The van der Waals surface area contributed by atoms with Crippen molar-refractivity contribution in [1.29, 1.82) is 0 Å². The van der Waals surface area contributed by atoms with E-state index in [1.54, 1.807) is 0 Å². The lowest BCUT2D eigenvalue weighted by Gasteiger charge is -2.51. The fourth-order valence-electron chi connectivity index (χ4n) is 3.10. The van der Waals surface area contributed by atoms with Crippen molar-refractivity contribution >= 4 is 8.72 Å². The second-order valence-electron chi connectivity index (χ2n) is 6.56. The maximum absolute atomic E-state index is 6.04. The summed E-state index contributed by atoms with van der Waals surface area (Å²) in [6.07, 6.45) is 2.59. The van der Waals surface area contributed by atoms with Crippen molar-refractivity contribution in [2.45, 2.75) is 52.5 Å². The number of piperidine rings is 1. The van der Waals surface area contributed by atoms with E-state index in [0.29, 0.717) is 5.92 Å². The first-order valence-corrected chi connectivity index (χ1v) is 8.93. The summed E-state index contributed by atoms with van der Waals surface area (Å²) in [4.78, 5) is 0. The highest BCUT2D eigenvalue weighted by Gasteiger charge is 2.58. The topological polar surface area (TPSA) is 21.7 Å². The molecule has 4 heteroatoms. The summed E-state index contributed by atoms with van der Waals surface area (Å²) in [5.74, 6) is 1.29. The normalized spacial score (nSPS) is 23.7. The largest absolute Gasteiger partial charge is 0.433 e. The van der Waals surface area contributed by atoms with Gasteiger partial charge < -0.3 is 8.85 Å². The van der Waals surface area contributed by atoms with E-state index in [0.717, 1.165) is 19.0 Å². The molecule has 3 nitrogen and oxygen atoms in total. The van der Waals surface area contributed by atoms with Crippen molar-refractivity contribution in [1.82, 2.24) is 4.57 Å². The van der Waals surface area contributed by atoms with Gasteiger partial charge in [0, 0.05) is 19.3 Å². The Kier molecular flexibility index (Phi) is 5.41. The second kappa shape index (κ2) is 6.03. The zero-order chi connectivity index (χ0) is 14.0. The van der Waals surface area contributed by atoms with Crippen LogP contribution in [0.1, 0.15) is 47.5 Å². The molecule has 0 aromatic carbocycles. The van der Waals surface area contributed by atoms with E-state index in [2.05, 4.69) is 39.2 Å². The van der Waals surface area contributed by atoms with Gasteiger partial charge in [0.05, 0.1) is 0 Å². The molecule has 0 aromatic heterocycles. The van der Waals surface area contributed by atoms with Crippen LogP contribution in [0.5, 0.6) is 0 Å². The molecule has 108 valence electrons. The third-order valence-corrected chi connectivity index (χ3v) is 9.44. The third-order valence-electron chi connectivity index (χ3n) is 4.88. The molecule has 0 spiro atoms. The zero-order valence-electron chi connectivity index (χ0n) is 13.2. The number of hydrogen-bond donors (Lipinski definition) is 0. The molecule has 0 N–H and O–H groups in total. The Balaban J connectivity index is 3.05. The van der Waals surface area contributed by atoms with Crippen molar-refractivity contribution < 1.29 is 8.85 Å². The van der Waals surface area contributed by atoms with Crippen LogP contribution in [0.4, 0.5) is 0 Å². The van der Waals surface area contributed by atoms with Crippen molar-refractivity contribution in [3.05, 3.63) is 0 Å². The molecule has 0 amide bonds. The molecule has 1 unspecified atom stereocenters. The van der Waals surface area contributed by atoms with E-state index in [9.17, 15) is 0 Å². The van der Waals surface area contributed by atoms with Crippen LogP contribution in [0.15, 0.2) is 0 Å². The van der Waals surface area contributed by atoms with Crippen LogP contribution in [0.25, 0.3) is 0 Å². The fourth-order valence-corrected chi connectivity index (χ4v) is 7.38. The van der Waals surface area contributed by atoms with Gasteiger partial charge in [-0.05, 0) is 37.8 Å². The van der Waals surface area contributed by atoms with Gasteiger partial charge in [-0.3, -0.25) is 4.57 Å². The molecule has 0 bridgehead atoms. The lowest BCUT2D eigenvalue weighted by molar-refractivity contribution is 0.0989. The molecule has 0 aromatic rings. The van der Waals surface area contributed by atoms with Gasteiger partial charge in [-0.1, -0.05) is 34.6 Å². The number of rotatable bonds is 5. The number of hydrogen-bond acceptors (Lipinski definition) is 3. The van der Waals surface area contributed by atoms with E-state index >= 15 is 0 Å². The Morgan fingerprint density at radius 2 is 1.78 bits per heavy atom. The van der Waals surface area contributed by atoms with E-state index in [1.165, 1.54) is 12.8 Å². The molecule has 1 fully saturated rings. The van der Waals surface area contributed by atoms with E-state index in [4.69, 9.17) is 8.85 Å². The maximum Gasteiger partial charge on any atom is 0.433 e. The Morgan fingerprint density at radius 1 is 1.22 bits per heavy atom. The minimum absolute atomic E-state index is 0.0769. The predicted molar refractivity (Wildman–Crippen MR) is 78.6 cm³/mol. The zero-order valence-corrected chi connectivity index (χ0v) is 14.2. The average molecular weight is 273 g/mol. The van der Waals surface area contributed by atoms with Crippen LogP contribution < -0.4 is 0 Å². The summed E-state index contributed by atoms with van der Waals surface area (Å²) in [7, 11) is 1.32. The highest BCUT2D eigenvalue weighted by Crippen LogP contribution is 2.47. The minimum atomic E-state index is -2.34. The molecule has 18 heavy (non-hydrogen) atoms. The molecule has 0 saturated carbocycles. The van der Waals surface area contributed by atoms with Crippen LogP contribution in [0.3, 0.4) is 0 Å². The second-order valence-corrected chi connectivity index (χ2v) is 10.5. The Morgan fingerprint density at radius 3 is 2.17 bits per heavy atom. The van der Waals surface area contributed by atoms with E-state index < -0.39 is 8.72 Å². The molecule has 1 heterocycles. The first kappa shape index (κ1) is 16.2. The van der Waals surface area contributed by atoms with Crippen molar-refractivity contribution in [3.63, 3.8) is 0 Å². The Bertz CT molecular complexity index is 265. The highest BCUT2D eigenvalue weighted by atomic mass is 28.4. The Labute approximate surface area is 114 Å². The van der Waals surface area contributed by atoms with E-state index in [1.807, 2.05) is 14.2 Å². The highest BCUT2D eigenvalue weighted by molar-refractivity contribution is 6.67. The van der Waals surface area contributed by atoms with Gasteiger partial charge in [0.2, 0.25) is 0 Å². The van der Waals surface area contributed by atoms with Gasteiger partial charge in [0.15, 0.2) is 0 Å². The Hall–Kier alpha value is 0.0969. The molecule has 1 aliphatic heterocycles. The summed E-state index contributed by atoms with van der Waals surface area (Å²) in [6.45, 7) is 13.7. The standard InChI is InChI=1S/C14H31NO2Si/c1-12(2)14(4,5)18(16-6,17-7)15-10-8-9-13(3)11-15/h12-13H,8-11H2,1-7H3. The predicted octanol–water partition coefficient (Wildman–Crippen LogP) is 3.39. The first-order chi connectivity index (χ1) is 8.31. The van der Waals surface area contributed by atoms with Crippen molar-refractivity contribution in [3.8, 4) is 0 Å². The van der Waals surface area contributed by atoms with Crippen LogP contribution in [0, 0.1) is 11.8 Å². The molecule has 0 aliphatic carbocycles. The van der Waals surface area contributed by atoms with Gasteiger partial charge >= 0.3 is 8.72 Å². The van der Waals surface area contributed by atoms with E-state index in [-0.39, 0.29) is 5.04 Å². The summed E-state index contributed by atoms with van der Waals surface area (Å²) in [5.41, 5.74) is 0. The molecule has 1 saturated heterocycles. The van der Waals surface area contributed by atoms with Gasteiger partial charge in [0.1, 0.15) is 0 Å². The van der Waals surface area contributed by atoms with Crippen LogP contribution >= 0.6 is 0 Å². The van der Waals surface area contributed by atoms with Crippen LogP contribution in [-0.2, 0) is 8.85 Å². The average Bonchev–Trinajstić information content (AvgIpc) is 2.31. The van der Waals surface area contributed by atoms with Crippen molar-refractivity contribution in [2.75, 3.05) is 27.3 Å². The summed E-state index contributed by atoms with van der Waals surface area (Å²) in [6, 6.07) is 0. The summed E-state index contributed by atoms with van der Waals surface area (Å²) >= 11 is 0. The smallest absolute Gasteiger partial charge is 0.386 e. The monoisotopic (exact) mass is 273 g/mol. The lowest BCUT2D eigenvalue weighted by atomic mass is 9.99. The fraction of sp³-hybridized carbons (Fsp3) is 1.00. The van der Waals surface area contributed by atoms with Gasteiger partial charge in [0.25, 0.3) is 0 Å². The van der Waals surface area contributed by atoms with Gasteiger partial charge in [-0.25, -0.2) is 0 Å². The first-order valence-electron chi connectivity index (χ1n) is 7.17. The quantitative estimate of drug-likeness (QED) is 0.717. The van der Waals surface area contributed by atoms with Crippen LogP contribution in [-0.4, -0.2) is 40.6 Å². The lowest BCUT2D eigenvalue weighted by Crippen LogP contribution is -2.66. The summed E-state index contributed by atoms with van der Waals surface area (Å²) < 4.78 is 14.6. The molecule has 1 atom stereocenters. The van der Waals surface area contributed by atoms with Gasteiger partial charge in [-0.15, -0.1) is 0 Å². The molecular weight excluding hydrogens is 242 g/mol. The molecule has 1 rings (SSSR count). The minimum Gasteiger partial charge on any atom is -0.386 e. The molecule has 0 radical (unpaired) electrons. The number of nitrogens with zero attached hydrogens (tertiary/aromatic N) is 1. The molecule has 1 aliphatic rings. The summed E-state index contributed by atoms with van der Waals surface area (Å²) in [5, 5.41) is 0.0769. The molecular formula is C14H31NO2Si. The SMILES string of the molecule is CO[Si](OC)(N1CCCC(C)C1)C(C)(C)C(C)C. The van der Waals surface area contributed by atoms with Crippen LogP contribution in [0.2, 0.25) is 5.04 Å². The van der Waals surface area contributed by atoms with Gasteiger partial charge in [-0.2, -0.15) is 0 Å². The maximum atomic E-state index is 6.04. The van der Waals surface area contributed by atoms with Crippen molar-refractivity contribution in [2.24, 2.45) is 11.8 Å².